The number of carbonyl (C=O) groups is 1. The molecular formula is C19H21ClO3. The Hall–Kier alpha value is -2.00. The Morgan fingerprint density at radius 3 is 2.39 bits per heavy atom. The van der Waals surface area contributed by atoms with E-state index in [-0.39, 0.29) is 6.42 Å². The second kappa shape index (κ2) is 7.05. The zero-order chi connectivity index (χ0) is 17.0. The van der Waals surface area contributed by atoms with Crippen molar-refractivity contribution >= 4 is 17.6 Å². The zero-order valence-electron chi connectivity index (χ0n) is 13.5. The molecule has 0 radical (unpaired) electrons. The van der Waals surface area contributed by atoms with Crippen molar-refractivity contribution in [1.82, 2.24) is 0 Å². The highest BCUT2D eigenvalue weighted by Gasteiger charge is 2.36. The van der Waals surface area contributed by atoms with Gasteiger partial charge in [0.25, 0.3) is 0 Å². The van der Waals surface area contributed by atoms with Crippen LogP contribution < -0.4 is 4.74 Å². The van der Waals surface area contributed by atoms with Crippen molar-refractivity contribution in [1.29, 1.82) is 0 Å². The Balaban J connectivity index is 2.21. The standard InChI is InChI=1S/C19H21ClO3/c1-13(2)15-7-9-17(10-8-15)23-19(3,18(21)22)12-14-5-4-6-16(20)11-14/h4-11,13H,12H2,1-3H3,(H,21,22). The average molecular weight is 333 g/mol. The minimum Gasteiger partial charge on any atom is -0.478 e. The van der Waals surface area contributed by atoms with Gasteiger partial charge in [0.2, 0.25) is 5.60 Å². The van der Waals surface area contributed by atoms with E-state index in [1.54, 1.807) is 25.1 Å². The minimum absolute atomic E-state index is 0.231. The van der Waals surface area contributed by atoms with E-state index in [0.29, 0.717) is 16.7 Å². The van der Waals surface area contributed by atoms with Gasteiger partial charge in [0, 0.05) is 11.4 Å². The van der Waals surface area contributed by atoms with Crippen LogP contribution >= 0.6 is 11.6 Å². The second-order valence-corrected chi connectivity index (χ2v) is 6.60. The van der Waals surface area contributed by atoms with Crippen LogP contribution in [0.4, 0.5) is 0 Å². The highest BCUT2D eigenvalue weighted by Crippen LogP contribution is 2.26. The number of hydrogen-bond donors (Lipinski definition) is 1. The summed E-state index contributed by atoms with van der Waals surface area (Å²) in [6.45, 7) is 5.79. The van der Waals surface area contributed by atoms with Crippen molar-refractivity contribution in [3.8, 4) is 5.75 Å². The Labute approximate surface area is 141 Å². The van der Waals surface area contributed by atoms with Gasteiger partial charge in [-0.25, -0.2) is 4.79 Å². The van der Waals surface area contributed by atoms with Gasteiger partial charge in [0.05, 0.1) is 0 Å². The maximum Gasteiger partial charge on any atom is 0.348 e. The summed E-state index contributed by atoms with van der Waals surface area (Å²) in [5.41, 5.74) is 0.648. The minimum atomic E-state index is -1.36. The lowest BCUT2D eigenvalue weighted by Gasteiger charge is -2.26. The third-order valence-electron chi connectivity index (χ3n) is 3.77. The predicted octanol–water partition coefficient (Wildman–Crippen LogP) is 4.93. The van der Waals surface area contributed by atoms with E-state index >= 15 is 0 Å². The first-order chi connectivity index (χ1) is 10.8. The van der Waals surface area contributed by atoms with Gasteiger partial charge in [0.1, 0.15) is 5.75 Å². The summed E-state index contributed by atoms with van der Waals surface area (Å²) >= 11 is 5.97. The van der Waals surface area contributed by atoms with Crippen molar-refractivity contribution in [2.75, 3.05) is 0 Å². The highest BCUT2D eigenvalue weighted by molar-refractivity contribution is 6.30. The lowest BCUT2D eigenvalue weighted by Crippen LogP contribution is -2.43. The molecule has 0 aromatic heterocycles. The molecule has 1 N–H and O–H groups in total. The average Bonchev–Trinajstić information content (AvgIpc) is 2.47. The first-order valence-corrected chi connectivity index (χ1v) is 7.95. The largest absolute Gasteiger partial charge is 0.478 e. The number of benzene rings is 2. The third kappa shape index (κ3) is 4.49. The molecule has 2 aromatic carbocycles. The van der Waals surface area contributed by atoms with Gasteiger partial charge in [0.15, 0.2) is 0 Å². The fourth-order valence-electron chi connectivity index (χ4n) is 2.37. The lowest BCUT2D eigenvalue weighted by atomic mass is 9.96. The van der Waals surface area contributed by atoms with Gasteiger partial charge in [-0.1, -0.05) is 49.7 Å². The van der Waals surface area contributed by atoms with Crippen molar-refractivity contribution in [3.63, 3.8) is 0 Å². The molecule has 0 fully saturated rings. The van der Waals surface area contributed by atoms with Gasteiger partial charge in [-0.3, -0.25) is 0 Å². The van der Waals surface area contributed by atoms with E-state index in [9.17, 15) is 9.90 Å². The number of ether oxygens (including phenoxy) is 1. The summed E-state index contributed by atoms with van der Waals surface area (Å²) in [6.07, 6.45) is 0.231. The molecule has 23 heavy (non-hydrogen) atoms. The smallest absolute Gasteiger partial charge is 0.348 e. The molecule has 4 heteroatoms. The normalized spacial score (nSPS) is 13.6. The van der Waals surface area contributed by atoms with Crippen molar-refractivity contribution in [2.24, 2.45) is 0 Å². The molecule has 0 bridgehead atoms. The Bertz CT molecular complexity index is 679. The number of aliphatic carboxylic acids is 1. The van der Waals surface area contributed by atoms with Crippen LogP contribution in [0.15, 0.2) is 48.5 Å². The molecule has 3 nitrogen and oxygen atoms in total. The van der Waals surface area contributed by atoms with Crippen molar-refractivity contribution in [2.45, 2.75) is 38.7 Å². The number of carboxylic acid groups (broad SMARTS) is 1. The summed E-state index contributed by atoms with van der Waals surface area (Å²) in [5, 5.41) is 10.2. The SMILES string of the molecule is CC(C)c1ccc(OC(C)(Cc2cccc(Cl)c2)C(=O)O)cc1. The quantitative estimate of drug-likeness (QED) is 0.816. The van der Waals surface area contributed by atoms with Crippen LogP contribution in [0.25, 0.3) is 0 Å². The van der Waals surface area contributed by atoms with Gasteiger partial charge < -0.3 is 9.84 Å². The maximum absolute atomic E-state index is 11.7. The van der Waals surface area contributed by atoms with Crippen LogP contribution in [0, 0.1) is 0 Å². The van der Waals surface area contributed by atoms with E-state index in [1.807, 2.05) is 30.3 Å². The molecule has 122 valence electrons. The lowest BCUT2D eigenvalue weighted by molar-refractivity contribution is -0.153. The highest BCUT2D eigenvalue weighted by atomic mass is 35.5. The topological polar surface area (TPSA) is 46.5 Å². The zero-order valence-corrected chi connectivity index (χ0v) is 14.3. The molecule has 2 aromatic rings. The molecule has 0 spiro atoms. The van der Waals surface area contributed by atoms with E-state index in [1.165, 1.54) is 5.56 Å². The molecular weight excluding hydrogens is 312 g/mol. The molecule has 0 saturated carbocycles. The number of carboxylic acids is 1. The summed E-state index contributed by atoms with van der Waals surface area (Å²) in [5.74, 6) is -0.0480. The van der Waals surface area contributed by atoms with Crippen LogP contribution in [-0.2, 0) is 11.2 Å². The Kier molecular flexibility index (Phi) is 5.32. The van der Waals surface area contributed by atoms with E-state index in [0.717, 1.165) is 5.56 Å². The summed E-state index contributed by atoms with van der Waals surface area (Å²) in [6, 6.07) is 14.7. The first-order valence-electron chi connectivity index (χ1n) is 7.57. The van der Waals surface area contributed by atoms with E-state index in [4.69, 9.17) is 16.3 Å². The molecule has 0 saturated heterocycles. The van der Waals surface area contributed by atoms with Crippen LogP contribution in [0.3, 0.4) is 0 Å². The van der Waals surface area contributed by atoms with Gasteiger partial charge >= 0.3 is 5.97 Å². The maximum atomic E-state index is 11.7. The van der Waals surface area contributed by atoms with Crippen molar-refractivity contribution in [3.05, 3.63) is 64.7 Å². The van der Waals surface area contributed by atoms with Crippen LogP contribution in [0.1, 0.15) is 37.8 Å². The molecule has 1 atom stereocenters. The summed E-state index contributed by atoms with van der Waals surface area (Å²) in [4.78, 5) is 11.7. The van der Waals surface area contributed by atoms with E-state index < -0.39 is 11.6 Å². The molecule has 0 aliphatic carbocycles. The second-order valence-electron chi connectivity index (χ2n) is 6.17. The summed E-state index contributed by atoms with van der Waals surface area (Å²) in [7, 11) is 0. The van der Waals surface area contributed by atoms with Crippen molar-refractivity contribution < 1.29 is 14.6 Å². The molecule has 0 amide bonds. The predicted molar refractivity (Wildman–Crippen MR) is 92.4 cm³/mol. The third-order valence-corrected chi connectivity index (χ3v) is 4.01. The van der Waals surface area contributed by atoms with Crippen LogP contribution in [-0.4, -0.2) is 16.7 Å². The molecule has 2 rings (SSSR count). The van der Waals surface area contributed by atoms with Gasteiger partial charge in [-0.15, -0.1) is 0 Å². The van der Waals surface area contributed by atoms with Gasteiger partial charge in [-0.05, 0) is 48.2 Å². The van der Waals surface area contributed by atoms with Crippen LogP contribution in [0.5, 0.6) is 5.75 Å². The molecule has 0 heterocycles. The number of halogens is 1. The molecule has 0 aliphatic rings. The number of rotatable bonds is 6. The molecule has 1 unspecified atom stereocenters. The molecule has 0 aliphatic heterocycles. The monoisotopic (exact) mass is 332 g/mol. The number of hydrogen-bond acceptors (Lipinski definition) is 2. The fourth-order valence-corrected chi connectivity index (χ4v) is 2.59. The summed E-state index contributed by atoms with van der Waals surface area (Å²) < 4.78 is 5.80. The fraction of sp³-hybridized carbons (Fsp3) is 0.316. The van der Waals surface area contributed by atoms with E-state index in [2.05, 4.69) is 13.8 Å². The Morgan fingerprint density at radius 2 is 1.87 bits per heavy atom. The van der Waals surface area contributed by atoms with Crippen LogP contribution in [0.2, 0.25) is 5.02 Å². The van der Waals surface area contributed by atoms with Gasteiger partial charge in [-0.2, -0.15) is 0 Å². The Morgan fingerprint density at radius 1 is 1.22 bits per heavy atom. The first kappa shape index (κ1) is 17.4.